The number of benzene rings is 2. The van der Waals surface area contributed by atoms with Gasteiger partial charge in [-0.1, -0.05) is 17.7 Å². The molecule has 1 aliphatic rings. The van der Waals surface area contributed by atoms with Gasteiger partial charge in [-0.2, -0.15) is 0 Å². The summed E-state index contributed by atoms with van der Waals surface area (Å²) in [7, 11) is 0. The van der Waals surface area contributed by atoms with E-state index in [1.54, 1.807) is 18.2 Å². The molecular formula is C17H15ClN2O4S. The second kappa shape index (κ2) is 8.13. The standard InChI is InChI=1S/C17H15ClN2O4S/c18-12-3-1-2-11(8-12)17(22)20-19-16(21)10-25-13-4-5-14-15(9-13)24-7-6-23-14/h1-5,8-9H,6-7,10H2,(H,19,21)(H,20,22). The Balaban J connectivity index is 1.47. The minimum absolute atomic E-state index is 0.148. The van der Waals surface area contributed by atoms with Crippen LogP contribution in [0.3, 0.4) is 0 Å². The molecule has 0 unspecified atom stereocenters. The van der Waals surface area contributed by atoms with Gasteiger partial charge in [0.2, 0.25) is 5.91 Å². The normalized spacial score (nSPS) is 12.4. The number of carbonyl (C=O) groups is 2. The number of carbonyl (C=O) groups excluding carboxylic acids is 2. The quantitative estimate of drug-likeness (QED) is 0.632. The summed E-state index contributed by atoms with van der Waals surface area (Å²) in [4.78, 5) is 24.7. The molecule has 2 amide bonds. The Hall–Kier alpha value is -2.38. The van der Waals surface area contributed by atoms with Crippen LogP contribution in [-0.4, -0.2) is 30.8 Å². The lowest BCUT2D eigenvalue weighted by atomic mass is 10.2. The van der Waals surface area contributed by atoms with E-state index in [1.165, 1.54) is 17.8 Å². The number of hydrogen-bond donors (Lipinski definition) is 2. The third-order valence-electron chi connectivity index (χ3n) is 3.29. The van der Waals surface area contributed by atoms with Crippen LogP contribution in [0.4, 0.5) is 0 Å². The smallest absolute Gasteiger partial charge is 0.269 e. The van der Waals surface area contributed by atoms with Crippen LogP contribution >= 0.6 is 23.4 Å². The van der Waals surface area contributed by atoms with E-state index in [2.05, 4.69) is 10.9 Å². The highest BCUT2D eigenvalue weighted by Gasteiger charge is 2.13. The van der Waals surface area contributed by atoms with Crippen molar-refractivity contribution in [1.82, 2.24) is 10.9 Å². The minimum atomic E-state index is -0.430. The van der Waals surface area contributed by atoms with Crippen LogP contribution < -0.4 is 20.3 Å². The number of rotatable bonds is 4. The molecule has 0 radical (unpaired) electrons. The van der Waals surface area contributed by atoms with Gasteiger partial charge in [-0.05, 0) is 36.4 Å². The Morgan fingerprint density at radius 2 is 1.84 bits per heavy atom. The first kappa shape index (κ1) is 17.4. The fourth-order valence-corrected chi connectivity index (χ4v) is 3.04. The maximum atomic E-state index is 11.9. The zero-order valence-corrected chi connectivity index (χ0v) is 14.7. The molecule has 6 nitrogen and oxygen atoms in total. The number of nitrogens with one attached hydrogen (secondary N) is 2. The molecular weight excluding hydrogens is 364 g/mol. The van der Waals surface area contributed by atoms with Crippen molar-refractivity contribution in [3.05, 3.63) is 53.1 Å². The number of amides is 2. The maximum Gasteiger partial charge on any atom is 0.269 e. The van der Waals surface area contributed by atoms with Crippen LogP contribution in [-0.2, 0) is 4.79 Å². The molecule has 3 rings (SSSR count). The Labute approximate surface area is 153 Å². The summed E-state index contributed by atoms with van der Waals surface area (Å²) in [5.74, 6) is 0.769. The molecule has 1 heterocycles. The first-order valence-corrected chi connectivity index (χ1v) is 8.85. The molecule has 0 spiro atoms. The summed E-state index contributed by atoms with van der Waals surface area (Å²) in [5.41, 5.74) is 5.10. The topological polar surface area (TPSA) is 76.7 Å². The van der Waals surface area contributed by atoms with Gasteiger partial charge in [-0.15, -0.1) is 11.8 Å². The van der Waals surface area contributed by atoms with E-state index in [-0.39, 0.29) is 11.7 Å². The second-order valence-corrected chi connectivity index (χ2v) is 6.59. The lowest BCUT2D eigenvalue weighted by Gasteiger charge is -2.18. The van der Waals surface area contributed by atoms with Crippen molar-refractivity contribution in [3.63, 3.8) is 0 Å². The zero-order valence-electron chi connectivity index (χ0n) is 13.1. The average molecular weight is 379 g/mol. The predicted molar refractivity (Wildman–Crippen MR) is 95.2 cm³/mol. The van der Waals surface area contributed by atoms with Crippen molar-refractivity contribution in [3.8, 4) is 11.5 Å². The summed E-state index contributed by atoms with van der Waals surface area (Å²) in [6.45, 7) is 1.05. The monoisotopic (exact) mass is 378 g/mol. The molecule has 2 N–H and O–H groups in total. The summed E-state index contributed by atoms with van der Waals surface area (Å²) in [6, 6.07) is 12.0. The molecule has 2 aromatic carbocycles. The van der Waals surface area contributed by atoms with Gasteiger partial charge < -0.3 is 9.47 Å². The van der Waals surface area contributed by atoms with E-state index < -0.39 is 5.91 Å². The van der Waals surface area contributed by atoms with E-state index in [9.17, 15) is 9.59 Å². The molecule has 0 atom stereocenters. The minimum Gasteiger partial charge on any atom is -0.486 e. The molecule has 0 saturated heterocycles. The Morgan fingerprint density at radius 1 is 1.04 bits per heavy atom. The van der Waals surface area contributed by atoms with Crippen LogP contribution in [0.5, 0.6) is 11.5 Å². The summed E-state index contributed by atoms with van der Waals surface area (Å²) >= 11 is 7.16. The summed E-state index contributed by atoms with van der Waals surface area (Å²) in [5, 5.41) is 0.452. The predicted octanol–water partition coefficient (Wildman–Crippen LogP) is 2.66. The molecule has 0 bridgehead atoms. The molecule has 2 aromatic rings. The third kappa shape index (κ3) is 4.80. The number of fused-ring (bicyclic) bond motifs is 1. The third-order valence-corrected chi connectivity index (χ3v) is 4.51. The van der Waals surface area contributed by atoms with Gasteiger partial charge in [0.05, 0.1) is 5.75 Å². The molecule has 1 aliphatic heterocycles. The second-order valence-electron chi connectivity index (χ2n) is 5.11. The van der Waals surface area contributed by atoms with E-state index in [0.29, 0.717) is 35.3 Å². The molecule has 0 aromatic heterocycles. The van der Waals surface area contributed by atoms with Crippen molar-refractivity contribution in [2.45, 2.75) is 4.90 Å². The van der Waals surface area contributed by atoms with Crippen molar-refractivity contribution in [2.24, 2.45) is 0 Å². The molecule has 0 saturated carbocycles. The first-order chi connectivity index (χ1) is 12.1. The maximum absolute atomic E-state index is 11.9. The fourth-order valence-electron chi connectivity index (χ4n) is 2.13. The summed E-state index contributed by atoms with van der Waals surface area (Å²) in [6.07, 6.45) is 0. The molecule has 0 fully saturated rings. The van der Waals surface area contributed by atoms with Crippen LogP contribution in [0.2, 0.25) is 5.02 Å². The number of thioether (sulfide) groups is 1. The number of ether oxygens (including phenoxy) is 2. The number of hydrazine groups is 1. The van der Waals surface area contributed by atoms with Crippen molar-refractivity contribution >= 4 is 35.2 Å². The average Bonchev–Trinajstić information content (AvgIpc) is 2.64. The van der Waals surface area contributed by atoms with Crippen LogP contribution in [0, 0.1) is 0 Å². The van der Waals surface area contributed by atoms with E-state index in [0.717, 1.165) is 4.90 Å². The Morgan fingerprint density at radius 3 is 2.64 bits per heavy atom. The van der Waals surface area contributed by atoms with Crippen LogP contribution in [0.1, 0.15) is 10.4 Å². The van der Waals surface area contributed by atoms with Crippen molar-refractivity contribution < 1.29 is 19.1 Å². The van der Waals surface area contributed by atoms with Gasteiger partial charge in [-0.25, -0.2) is 0 Å². The lowest BCUT2D eigenvalue weighted by Crippen LogP contribution is -2.42. The molecule has 8 heteroatoms. The largest absolute Gasteiger partial charge is 0.486 e. The lowest BCUT2D eigenvalue weighted by molar-refractivity contribution is -0.119. The van der Waals surface area contributed by atoms with Gasteiger partial charge in [0, 0.05) is 15.5 Å². The zero-order chi connectivity index (χ0) is 17.6. The fraction of sp³-hybridized carbons (Fsp3) is 0.176. The van der Waals surface area contributed by atoms with Gasteiger partial charge in [0.25, 0.3) is 5.91 Å². The highest BCUT2D eigenvalue weighted by atomic mass is 35.5. The van der Waals surface area contributed by atoms with E-state index in [1.807, 2.05) is 18.2 Å². The highest BCUT2D eigenvalue weighted by Crippen LogP contribution is 2.34. The van der Waals surface area contributed by atoms with Crippen molar-refractivity contribution in [2.75, 3.05) is 19.0 Å². The van der Waals surface area contributed by atoms with Gasteiger partial charge in [-0.3, -0.25) is 20.4 Å². The Bertz CT molecular complexity index is 800. The first-order valence-electron chi connectivity index (χ1n) is 7.49. The Kier molecular flexibility index (Phi) is 5.67. The SMILES string of the molecule is O=C(CSc1ccc2c(c1)OCCO2)NNC(=O)c1cccc(Cl)c1. The highest BCUT2D eigenvalue weighted by molar-refractivity contribution is 8.00. The number of hydrogen-bond acceptors (Lipinski definition) is 5. The van der Waals surface area contributed by atoms with E-state index >= 15 is 0 Å². The van der Waals surface area contributed by atoms with Crippen LogP contribution in [0.15, 0.2) is 47.4 Å². The van der Waals surface area contributed by atoms with E-state index in [4.69, 9.17) is 21.1 Å². The molecule has 25 heavy (non-hydrogen) atoms. The summed E-state index contributed by atoms with van der Waals surface area (Å²) < 4.78 is 11.0. The molecule has 130 valence electrons. The number of halogens is 1. The molecule has 0 aliphatic carbocycles. The van der Waals surface area contributed by atoms with Crippen LogP contribution in [0.25, 0.3) is 0 Å². The van der Waals surface area contributed by atoms with Crippen molar-refractivity contribution in [1.29, 1.82) is 0 Å². The van der Waals surface area contributed by atoms with Gasteiger partial charge in [0.1, 0.15) is 13.2 Å². The van der Waals surface area contributed by atoms with Gasteiger partial charge >= 0.3 is 0 Å². The van der Waals surface area contributed by atoms with Gasteiger partial charge in [0.15, 0.2) is 11.5 Å².